The number of fused-ring (bicyclic) bond motifs is 1. The van der Waals surface area contributed by atoms with Gasteiger partial charge in [-0.1, -0.05) is 6.07 Å². The summed E-state index contributed by atoms with van der Waals surface area (Å²) in [6.45, 7) is 3.33. The third-order valence-electron chi connectivity index (χ3n) is 4.20. The Morgan fingerprint density at radius 1 is 0.958 bits per heavy atom. The lowest BCUT2D eigenvalue weighted by Crippen LogP contribution is -2.47. The monoisotopic (exact) mass is 385 g/mol. The number of hydrogen-bond acceptors (Lipinski definition) is 5. The molecule has 6 nitrogen and oxygen atoms in total. The lowest BCUT2D eigenvalue weighted by molar-refractivity contribution is 0.641. The van der Waals surface area contributed by atoms with Gasteiger partial charge < -0.3 is 9.80 Å². The summed E-state index contributed by atoms with van der Waals surface area (Å²) in [5.41, 5.74) is 0.629. The van der Waals surface area contributed by atoms with Crippen molar-refractivity contribution < 1.29 is 0 Å². The summed E-state index contributed by atoms with van der Waals surface area (Å²) in [6, 6.07) is 11.2. The van der Waals surface area contributed by atoms with Gasteiger partial charge in [0.25, 0.3) is 5.56 Å². The van der Waals surface area contributed by atoms with Crippen LogP contribution in [-0.2, 0) is 0 Å². The molecule has 0 N–H and O–H groups in total. The van der Waals surface area contributed by atoms with Crippen molar-refractivity contribution in [2.24, 2.45) is 0 Å². The first kappa shape index (κ1) is 15.1. The SMILES string of the molecule is O=c1cc(N2CCN(c3ccc(Br)cn3)CC2)nc2ccccn12. The maximum Gasteiger partial charge on any atom is 0.259 e. The van der Waals surface area contributed by atoms with E-state index in [0.717, 1.165) is 42.3 Å². The van der Waals surface area contributed by atoms with E-state index >= 15 is 0 Å². The van der Waals surface area contributed by atoms with Crippen molar-refractivity contribution in [2.75, 3.05) is 36.0 Å². The van der Waals surface area contributed by atoms with Crippen molar-refractivity contribution in [1.82, 2.24) is 14.4 Å². The molecule has 0 aromatic carbocycles. The fourth-order valence-corrected chi connectivity index (χ4v) is 3.16. The lowest BCUT2D eigenvalue weighted by Gasteiger charge is -2.36. The maximum absolute atomic E-state index is 12.2. The molecule has 1 aliphatic rings. The van der Waals surface area contributed by atoms with Crippen LogP contribution >= 0.6 is 15.9 Å². The Kier molecular flexibility index (Phi) is 3.93. The minimum Gasteiger partial charge on any atom is -0.353 e. The van der Waals surface area contributed by atoms with Crippen LogP contribution in [0.3, 0.4) is 0 Å². The van der Waals surface area contributed by atoms with Gasteiger partial charge in [0.05, 0.1) is 0 Å². The van der Waals surface area contributed by atoms with Gasteiger partial charge in [0.15, 0.2) is 0 Å². The van der Waals surface area contributed by atoms with E-state index in [9.17, 15) is 4.79 Å². The number of piperazine rings is 1. The van der Waals surface area contributed by atoms with Crippen molar-refractivity contribution in [3.8, 4) is 0 Å². The summed E-state index contributed by atoms with van der Waals surface area (Å²) in [4.78, 5) is 25.7. The van der Waals surface area contributed by atoms with Gasteiger partial charge in [0.2, 0.25) is 0 Å². The van der Waals surface area contributed by atoms with Gasteiger partial charge in [-0.25, -0.2) is 9.97 Å². The molecule has 1 fully saturated rings. The van der Waals surface area contributed by atoms with Crippen molar-refractivity contribution in [2.45, 2.75) is 0 Å². The second kappa shape index (κ2) is 6.24. The molecular formula is C17H16BrN5O. The Morgan fingerprint density at radius 2 is 1.71 bits per heavy atom. The van der Waals surface area contributed by atoms with E-state index in [1.807, 2.05) is 36.5 Å². The molecule has 3 aromatic heterocycles. The normalized spacial score (nSPS) is 15.0. The van der Waals surface area contributed by atoms with Crippen LogP contribution < -0.4 is 15.4 Å². The van der Waals surface area contributed by atoms with E-state index in [0.29, 0.717) is 5.65 Å². The topological polar surface area (TPSA) is 53.7 Å². The van der Waals surface area contributed by atoms with Crippen molar-refractivity contribution in [3.63, 3.8) is 0 Å². The number of anilines is 2. The molecule has 0 aliphatic carbocycles. The predicted octanol–water partition coefficient (Wildman–Crippen LogP) is 2.18. The zero-order valence-corrected chi connectivity index (χ0v) is 14.6. The first-order valence-corrected chi connectivity index (χ1v) is 8.60. The van der Waals surface area contributed by atoms with Crippen molar-refractivity contribution in [1.29, 1.82) is 0 Å². The lowest BCUT2D eigenvalue weighted by atomic mass is 10.3. The molecule has 4 heterocycles. The molecule has 0 bridgehead atoms. The number of rotatable bonds is 2. The van der Waals surface area contributed by atoms with Gasteiger partial charge in [-0.05, 0) is 40.2 Å². The molecule has 24 heavy (non-hydrogen) atoms. The van der Waals surface area contributed by atoms with Crippen LogP contribution in [0.4, 0.5) is 11.6 Å². The van der Waals surface area contributed by atoms with Crippen molar-refractivity contribution >= 4 is 33.2 Å². The highest BCUT2D eigenvalue weighted by molar-refractivity contribution is 9.10. The second-order valence-electron chi connectivity index (χ2n) is 5.69. The minimum absolute atomic E-state index is 0.0485. The van der Waals surface area contributed by atoms with Gasteiger partial charge >= 0.3 is 0 Å². The van der Waals surface area contributed by atoms with Gasteiger partial charge in [0.1, 0.15) is 17.3 Å². The molecule has 1 aliphatic heterocycles. The number of pyridine rings is 2. The van der Waals surface area contributed by atoms with Crippen LogP contribution in [0.1, 0.15) is 0 Å². The molecule has 0 amide bonds. The van der Waals surface area contributed by atoms with E-state index in [1.165, 1.54) is 0 Å². The molecule has 122 valence electrons. The van der Waals surface area contributed by atoms with Crippen LogP contribution in [0.15, 0.2) is 58.1 Å². The Morgan fingerprint density at radius 3 is 2.42 bits per heavy atom. The quantitative estimate of drug-likeness (QED) is 0.676. The second-order valence-corrected chi connectivity index (χ2v) is 6.61. The molecule has 0 spiro atoms. The summed E-state index contributed by atoms with van der Waals surface area (Å²) < 4.78 is 2.54. The third kappa shape index (κ3) is 2.87. The van der Waals surface area contributed by atoms with Gasteiger partial charge in [-0.2, -0.15) is 0 Å². The Balaban J connectivity index is 1.53. The standard InChI is InChI=1S/C17H16BrN5O/c18-13-4-5-14(19-12-13)21-7-9-22(10-8-21)16-11-17(24)23-6-2-1-3-15(23)20-16/h1-6,11-12H,7-10H2. The zero-order valence-electron chi connectivity index (χ0n) is 13.0. The van der Waals surface area contributed by atoms with Crippen molar-refractivity contribution in [3.05, 3.63) is 63.6 Å². The molecule has 4 rings (SSSR count). The summed E-state index contributed by atoms with van der Waals surface area (Å²) in [5, 5.41) is 0. The van der Waals surface area contributed by atoms with E-state index in [2.05, 4.69) is 35.7 Å². The van der Waals surface area contributed by atoms with Crippen LogP contribution in [0, 0.1) is 0 Å². The predicted molar refractivity (Wildman–Crippen MR) is 97.8 cm³/mol. The van der Waals surface area contributed by atoms with E-state index in [1.54, 1.807) is 16.7 Å². The zero-order chi connectivity index (χ0) is 16.5. The largest absolute Gasteiger partial charge is 0.353 e. The molecule has 0 atom stereocenters. The first-order valence-electron chi connectivity index (χ1n) is 7.81. The summed E-state index contributed by atoms with van der Waals surface area (Å²) in [7, 11) is 0. The van der Waals surface area contributed by atoms with E-state index < -0.39 is 0 Å². The van der Waals surface area contributed by atoms with E-state index in [4.69, 9.17) is 0 Å². The highest BCUT2D eigenvalue weighted by Gasteiger charge is 2.19. The highest BCUT2D eigenvalue weighted by Crippen LogP contribution is 2.19. The number of hydrogen-bond donors (Lipinski definition) is 0. The average molecular weight is 386 g/mol. The fourth-order valence-electron chi connectivity index (χ4n) is 2.92. The van der Waals surface area contributed by atoms with Gasteiger partial charge in [-0.3, -0.25) is 9.20 Å². The summed E-state index contributed by atoms with van der Waals surface area (Å²) in [6.07, 6.45) is 3.55. The van der Waals surface area contributed by atoms with Gasteiger partial charge in [0, 0.05) is 49.1 Å². The molecule has 7 heteroatoms. The molecule has 3 aromatic rings. The molecule has 0 saturated carbocycles. The number of aromatic nitrogens is 3. The molecule has 0 radical (unpaired) electrons. The Hall–Kier alpha value is -2.41. The van der Waals surface area contributed by atoms with E-state index in [-0.39, 0.29) is 5.56 Å². The van der Waals surface area contributed by atoms with Crippen LogP contribution in [-0.4, -0.2) is 40.5 Å². The molecule has 1 saturated heterocycles. The minimum atomic E-state index is -0.0485. The third-order valence-corrected chi connectivity index (χ3v) is 4.67. The summed E-state index contributed by atoms with van der Waals surface area (Å²) in [5.74, 6) is 1.72. The van der Waals surface area contributed by atoms with Crippen LogP contribution in [0.2, 0.25) is 0 Å². The number of nitrogens with zero attached hydrogens (tertiary/aromatic N) is 5. The maximum atomic E-state index is 12.2. The summed E-state index contributed by atoms with van der Waals surface area (Å²) >= 11 is 3.41. The Bertz CT molecular complexity index is 916. The Labute approximate surface area is 147 Å². The molecule has 0 unspecified atom stereocenters. The fraction of sp³-hybridized carbons (Fsp3) is 0.235. The highest BCUT2D eigenvalue weighted by atomic mass is 79.9. The average Bonchev–Trinajstić information content (AvgIpc) is 2.62. The van der Waals surface area contributed by atoms with Crippen LogP contribution in [0.5, 0.6) is 0 Å². The smallest absolute Gasteiger partial charge is 0.259 e. The van der Waals surface area contributed by atoms with Gasteiger partial charge in [-0.15, -0.1) is 0 Å². The van der Waals surface area contributed by atoms with Crippen LogP contribution in [0.25, 0.3) is 5.65 Å². The first-order chi connectivity index (χ1) is 11.7. The molecular weight excluding hydrogens is 370 g/mol. The number of halogens is 1.